The Labute approximate surface area is 163 Å². The molecule has 0 aliphatic rings. The molecule has 0 saturated carbocycles. The number of carboxylic acids is 1. The van der Waals surface area contributed by atoms with Crippen LogP contribution in [0.25, 0.3) is 0 Å². The van der Waals surface area contributed by atoms with Gasteiger partial charge in [0.05, 0.1) is 0 Å². The van der Waals surface area contributed by atoms with Crippen LogP contribution in [-0.2, 0) is 19.1 Å². The van der Waals surface area contributed by atoms with Crippen LogP contribution >= 0.6 is 0 Å². The molecule has 0 aromatic carbocycles. The molecule has 0 aromatic heterocycles. The highest BCUT2D eigenvalue weighted by molar-refractivity contribution is 5.95. The first kappa shape index (κ1) is 25.1. The van der Waals surface area contributed by atoms with Crippen molar-refractivity contribution in [1.82, 2.24) is 0 Å². The van der Waals surface area contributed by atoms with Crippen LogP contribution < -0.4 is 0 Å². The second kappa shape index (κ2) is 18.9. The van der Waals surface area contributed by atoms with Crippen molar-refractivity contribution in [2.24, 2.45) is 0 Å². The normalized spacial score (nSPS) is 11.3. The summed E-state index contributed by atoms with van der Waals surface area (Å²) in [5.41, 5.74) is 0. The summed E-state index contributed by atoms with van der Waals surface area (Å²) in [5, 5.41) is 8.36. The van der Waals surface area contributed by atoms with Gasteiger partial charge in [-0.05, 0) is 32.1 Å². The maximum Gasteiger partial charge on any atom is 0.338 e. The zero-order chi connectivity index (χ0) is 20.2. The summed E-state index contributed by atoms with van der Waals surface area (Å²) in [6, 6.07) is 0. The first-order valence-corrected chi connectivity index (χ1v) is 10.4. The van der Waals surface area contributed by atoms with Crippen molar-refractivity contribution in [3.8, 4) is 0 Å². The molecule has 0 unspecified atom stereocenters. The van der Waals surface area contributed by atoms with Gasteiger partial charge < -0.3 is 9.84 Å². The minimum atomic E-state index is -1.25. The number of esters is 2. The van der Waals surface area contributed by atoms with E-state index in [1.54, 1.807) is 0 Å². The topological polar surface area (TPSA) is 80.7 Å². The number of rotatable bonds is 17. The van der Waals surface area contributed by atoms with E-state index in [1.165, 1.54) is 44.9 Å². The van der Waals surface area contributed by atoms with E-state index in [1.807, 2.05) is 0 Å². The zero-order valence-corrected chi connectivity index (χ0v) is 16.8. The average molecular weight is 381 g/mol. The first-order valence-electron chi connectivity index (χ1n) is 10.4. The highest BCUT2D eigenvalue weighted by Crippen LogP contribution is 2.10. The Bertz CT molecular complexity index is 465. The van der Waals surface area contributed by atoms with E-state index in [4.69, 9.17) is 5.11 Å². The molecule has 0 bridgehead atoms. The van der Waals surface area contributed by atoms with Gasteiger partial charge in [-0.15, -0.1) is 0 Å². The van der Waals surface area contributed by atoms with Crippen LogP contribution in [0.3, 0.4) is 0 Å². The van der Waals surface area contributed by atoms with Crippen LogP contribution in [0.4, 0.5) is 0 Å². The molecule has 0 aliphatic heterocycles. The van der Waals surface area contributed by atoms with Gasteiger partial charge >= 0.3 is 17.9 Å². The number of ether oxygens (including phenoxy) is 1. The predicted molar refractivity (Wildman–Crippen MR) is 107 cm³/mol. The number of hydrogen-bond donors (Lipinski definition) is 1. The molecule has 5 nitrogen and oxygen atoms in total. The van der Waals surface area contributed by atoms with Gasteiger partial charge in [0.2, 0.25) is 0 Å². The fraction of sp³-hybridized carbons (Fsp3) is 0.682. The quantitative estimate of drug-likeness (QED) is 0.114. The van der Waals surface area contributed by atoms with Crippen LogP contribution in [-0.4, -0.2) is 23.0 Å². The summed E-state index contributed by atoms with van der Waals surface area (Å²) in [6.07, 6.45) is 21.5. The van der Waals surface area contributed by atoms with E-state index in [0.717, 1.165) is 38.2 Å². The fourth-order valence-electron chi connectivity index (χ4n) is 2.68. The van der Waals surface area contributed by atoms with E-state index >= 15 is 0 Å². The van der Waals surface area contributed by atoms with E-state index in [0.29, 0.717) is 12.5 Å². The van der Waals surface area contributed by atoms with Gasteiger partial charge in [0.25, 0.3) is 0 Å². The van der Waals surface area contributed by atoms with Gasteiger partial charge in [-0.25, -0.2) is 9.59 Å². The van der Waals surface area contributed by atoms with Crippen LogP contribution in [0.1, 0.15) is 96.8 Å². The second-order valence-corrected chi connectivity index (χ2v) is 6.80. The SMILES string of the molecule is CCCCCCCC/C=C\CCCCCCCC(=O)OC(=O)/C=C\C(=O)O. The number of hydrogen-bond acceptors (Lipinski definition) is 4. The lowest BCUT2D eigenvalue weighted by Crippen LogP contribution is -2.10. The van der Waals surface area contributed by atoms with Crippen molar-refractivity contribution < 1.29 is 24.2 Å². The number of carboxylic acid groups (broad SMARTS) is 1. The molecular formula is C22H36O5. The number of carbonyl (C=O) groups excluding carboxylic acids is 2. The molecule has 0 spiro atoms. The Morgan fingerprint density at radius 3 is 1.81 bits per heavy atom. The standard InChI is InChI=1S/C22H36O5/c1-2-3-4-5-6-7-8-9-10-11-12-13-14-15-16-17-21(25)27-22(26)19-18-20(23)24/h9-10,18-19H,2-8,11-17H2,1H3,(H,23,24)/b10-9-,19-18-. The molecule has 0 rings (SSSR count). The molecule has 0 atom stereocenters. The number of carbonyl (C=O) groups is 3. The molecule has 27 heavy (non-hydrogen) atoms. The molecular weight excluding hydrogens is 344 g/mol. The molecule has 0 aromatic rings. The Balaban J connectivity index is 3.39. The van der Waals surface area contributed by atoms with Crippen molar-refractivity contribution in [1.29, 1.82) is 0 Å². The highest BCUT2D eigenvalue weighted by Gasteiger charge is 2.07. The summed E-state index contributed by atoms with van der Waals surface area (Å²) in [7, 11) is 0. The maximum atomic E-state index is 11.4. The third-order valence-electron chi connectivity index (χ3n) is 4.22. The summed E-state index contributed by atoms with van der Waals surface area (Å²) >= 11 is 0. The smallest absolute Gasteiger partial charge is 0.338 e. The minimum Gasteiger partial charge on any atom is -0.478 e. The molecule has 0 heterocycles. The number of aliphatic carboxylic acids is 1. The molecule has 0 radical (unpaired) electrons. The highest BCUT2D eigenvalue weighted by atomic mass is 16.6. The van der Waals surface area contributed by atoms with Gasteiger partial charge in [-0.2, -0.15) is 0 Å². The maximum absolute atomic E-state index is 11.4. The number of unbranched alkanes of at least 4 members (excludes halogenated alkanes) is 11. The van der Waals surface area contributed by atoms with Gasteiger partial charge in [0.15, 0.2) is 0 Å². The van der Waals surface area contributed by atoms with Crippen molar-refractivity contribution >= 4 is 17.9 Å². The van der Waals surface area contributed by atoms with Gasteiger partial charge in [0.1, 0.15) is 0 Å². The van der Waals surface area contributed by atoms with E-state index in [2.05, 4.69) is 23.8 Å². The monoisotopic (exact) mass is 380 g/mol. The van der Waals surface area contributed by atoms with E-state index < -0.39 is 17.9 Å². The van der Waals surface area contributed by atoms with Crippen LogP contribution in [0.15, 0.2) is 24.3 Å². The average Bonchev–Trinajstić information content (AvgIpc) is 2.63. The largest absolute Gasteiger partial charge is 0.478 e. The van der Waals surface area contributed by atoms with E-state index in [9.17, 15) is 14.4 Å². The second-order valence-electron chi connectivity index (χ2n) is 6.80. The molecule has 0 fully saturated rings. The lowest BCUT2D eigenvalue weighted by atomic mass is 10.1. The summed E-state index contributed by atoms with van der Waals surface area (Å²) < 4.78 is 4.48. The minimum absolute atomic E-state index is 0.185. The van der Waals surface area contributed by atoms with Crippen LogP contribution in [0.5, 0.6) is 0 Å². The van der Waals surface area contributed by atoms with Gasteiger partial charge in [-0.3, -0.25) is 4.79 Å². The van der Waals surface area contributed by atoms with Crippen LogP contribution in [0, 0.1) is 0 Å². The Kier molecular flexibility index (Phi) is 17.5. The molecule has 5 heteroatoms. The predicted octanol–water partition coefficient (Wildman–Crippen LogP) is 5.73. The summed E-state index contributed by atoms with van der Waals surface area (Å²) in [5.74, 6) is -2.79. The molecule has 1 N–H and O–H groups in total. The Morgan fingerprint density at radius 1 is 0.741 bits per heavy atom. The third-order valence-corrected chi connectivity index (χ3v) is 4.22. The molecule has 0 saturated heterocycles. The summed E-state index contributed by atoms with van der Waals surface area (Å²) in [6.45, 7) is 2.24. The van der Waals surface area contributed by atoms with E-state index in [-0.39, 0.29) is 6.42 Å². The van der Waals surface area contributed by atoms with Crippen molar-refractivity contribution in [3.05, 3.63) is 24.3 Å². The molecule has 154 valence electrons. The first-order chi connectivity index (χ1) is 13.1. The number of allylic oxidation sites excluding steroid dienone is 2. The zero-order valence-electron chi connectivity index (χ0n) is 16.8. The lowest BCUT2D eigenvalue weighted by Gasteiger charge is -2.01. The molecule has 0 aliphatic carbocycles. The van der Waals surface area contributed by atoms with Gasteiger partial charge in [0, 0.05) is 18.6 Å². The fourth-order valence-corrected chi connectivity index (χ4v) is 2.68. The van der Waals surface area contributed by atoms with Crippen molar-refractivity contribution in [2.75, 3.05) is 0 Å². The third kappa shape index (κ3) is 20.3. The lowest BCUT2D eigenvalue weighted by molar-refractivity contribution is -0.156. The van der Waals surface area contributed by atoms with Crippen molar-refractivity contribution in [2.45, 2.75) is 96.8 Å². The Morgan fingerprint density at radius 2 is 1.26 bits per heavy atom. The van der Waals surface area contributed by atoms with Crippen LogP contribution in [0.2, 0.25) is 0 Å². The Hall–Kier alpha value is -1.91. The van der Waals surface area contributed by atoms with Gasteiger partial charge in [-0.1, -0.05) is 70.4 Å². The molecule has 0 amide bonds. The summed E-state index contributed by atoms with van der Waals surface area (Å²) in [4.78, 5) is 32.8. The van der Waals surface area contributed by atoms with Crippen molar-refractivity contribution in [3.63, 3.8) is 0 Å².